The molecule has 0 amide bonds. The number of nitrogens with one attached hydrogen (secondary N) is 1. The van der Waals surface area contributed by atoms with E-state index in [1.54, 1.807) is 13.0 Å². The van der Waals surface area contributed by atoms with Gasteiger partial charge in [0.1, 0.15) is 18.8 Å². The maximum atomic E-state index is 13.3. The molecule has 1 aromatic heterocycles. The minimum atomic E-state index is -1.58. The minimum Gasteiger partial charge on any atom is -0.442 e. The Kier molecular flexibility index (Phi) is 12.1. The van der Waals surface area contributed by atoms with Crippen molar-refractivity contribution in [1.82, 2.24) is 9.55 Å². The van der Waals surface area contributed by atoms with Crippen LogP contribution in [0.4, 0.5) is 0 Å². The molecule has 1 N–H and O–H groups in total. The second-order valence-electron chi connectivity index (χ2n) is 12.5. The van der Waals surface area contributed by atoms with E-state index >= 15 is 0 Å². The Labute approximate surface area is 296 Å². The van der Waals surface area contributed by atoms with Gasteiger partial charge in [0.05, 0.1) is 39.6 Å². The molecule has 0 bridgehead atoms. The molecule has 0 radical (unpaired) electrons. The van der Waals surface area contributed by atoms with E-state index in [1.165, 1.54) is 10.8 Å². The fourth-order valence-corrected chi connectivity index (χ4v) is 5.69. The van der Waals surface area contributed by atoms with Gasteiger partial charge >= 0.3 is 5.69 Å². The molecule has 0 saturated heterocycles. The molecule has 0 aliphatic carbocycles. The molecule has 0 saturated carbocycles. The molecule has 51 heavy (non-hydrogen) atoms. The molecule has 1 aliphatic rings. The van der Waals surface area contributed by atoms with Gasteiger partial charge in [0.15, 0.2) is 0 Å². The summed E-state index contributed by atoms with van der Waals surface area (Å²) < 4.78 is 40.1. The number of hydrogen-bond donors (Lipinski definition) is 1. The lowest BCUT2D eigenvalue weighted by Gasteiger charge is -2.46. The maximum absolute atomic E-state index is 13.3. The van der Waals surface area contributed by atoms with E-state index in [9.17, 15) is 9.59 Å². The predicted molar refractivity (Wildman–Crippen MR) is 192 cm³/mol. The fourth-order valence-electron chi connectivity index (χ4n) is 5.69. The van der Waals surface area contributed by atoms with Crippen LogP contribution < -0.4 is 11.2 Å². The Balaban J connectivity index is 1.37. The lowest BCUT2D eigenvalue weighted by Crippen LogP contribution is -2.58. The summed E-state index contributed by atoms with van der Waals surface area (Å²) in [4.78, 5) is 28.1. The molecule has 0 fully saturated rings. The molecule has 0 unspecified atom stereocenters. The van der Waals surface area contributed by atoms with Crippen molar-refractivity contribution in [3.63, 3.8) is 0 Å². The molecule has 10 nitrogen and oxygen atoms in total. The zero-order chi connectivity index (χ0) is 35.4. The average Bonchev–Trinajstić information content (AvgIpc) is 3.15. The molecular formula is C41H42N2O8. The van der Waals surface area contributed by atoms with Gasteiger partial charge in [-0.05, 0) is 29.2 Å². The third-order valence-corrected chi connectivity index (χ3v) is 8.21. The van der Waals surface area contributed by atoms with Crippen LogP contribution in [0.2, 0.25) is 0 Å². The highest BCUT2D eigenvalue weighted by Crippen LogP contribution is 2.36. The van der Waals surface area contributed by atoms with E-state index in [1.807, 2.05) is 121 Å². The summed E-state index contributed by atoms with van der Waals surface area (Å²) in [5, 5.41) is 0. The smallest absolute Gasteiger partial charge is 0.335 e. The monoisotopic (exact) mass is 690 g/mol. The number of aromatic nitrogens is 2. The first-order valence-corrected chi connectivity index (χ1v) is 16.8. The van der Waals surface area contributed by atoms with Gasteiger partial charge in [-0.1, -0.05) is 121 Å². The number of rotatable bonds is 17. The molecule has 264 valence electrons. The van der Waals surface area contributed by atoms with Crippen LogP contribution in [-0.2, 0) is 54.8 Å². The van der Waals surface area contributed by atoms with Gasteiger partial charge in [-0.2, -0.15) is 0 Å². The number of nitrogens with zero attached hydrogens (tertiary/aromatic N) is 1. The van der Waals surface area contributed by atoms with Crippen molar-refractivity contribution >= 4 is 5.88 Å². The van der Waals surface area contributed by atoms with Gasteiger partial charge in [-0.15, -0.1) is 0 Å². The Hall–Kier alpha value is -5.10. The van der Waals surface area contributed by atoms with Crippen molar-refractivity contribution in [2.45, 2.75) is 44.7 Å². The first-order valence-electron chi connectivity index (χ1n) is 16.8. The van der Waals surface area contributed by atoms with Crippen molar-refractivity contribution in [3.05, 3.63) is 182 Å². The number of ether oxygens (including phenoxy) is 6. The number of benzene rings is 4. The third kappa shape index (κ3) is 10.0. The van der Waals surface area contributed by atoms with Gasteiger partial charge in [-0.25, -0.2) is 9.36 Å². The van der Waals surface area contributed by atoms with Crippen LogP contribution in [-0.4, -0.2) is 47.4 Å². The van der Waals surface area contributed by atoms with Crippen LogP contribution in [0.25, 0.3) is 5.88 Å². The van der Waals surface area contributed by atoms with Gasteiger partial charge in [0, 0.05) is 17.8 Å². The topological polar surface area (TPSA) is 110 Å². The highest BCUT2D eigenvalue weighted by Gasteiger charge is 2.49. The highest BCUT2D eigenvalue weighted by molar-refractivity contribution is 5.43. The van der Waals surface area contributed by atoms with Crippen LogP contribution >= 0.6 is 0 Å². The number of aryl methyl sites for hydroxylation is 1. The summed E-state index contributed by atoms with van der Waals surface area (Å²) in [5.41, 5.74) is 1.73. The second-order valence-corrected chi connectivity index (χ2v) is 12.5. The lowest BCUT2D eigenvalue weighted by molar-refractivity contribution is -0.318. The van der Waals surface area contributed by atoms with Crippen LogP contribution in [0.1, 0.15) is 27.8 Å². The SMILES string of the molecule is Cc1cn(C2=CC(COCc3ccccc3)(COCc3ccccc3)OC(COCc3ccccc3)(COCc3ccccc3)O2)c(=O)[nH]c1=O. The van der Waals surface area contributed by atoms with E-state index < -0.39 is 22.6 Å². The third-order valence-electron chi connectivity index (χ3n) is 8.21. The normalized spacial score (nSPS) is 14.8. The van der Waals surface area contributed by atoms with Crippen molar-refractivity contribution in [2.24, 2.45) is 0 Å². The van der Waals surface area contributed by atoms with Gasteiger partial charge in [0.25, 0.3) is 11.3 Å². The predicted octanol–water partition coefficient (Wildman–Crippen LogP) is 5.99. The highest BCUT2D eigenvalue weighted by atomic mass is 16.8. The first-order chi connectivity index (χ1) is 24.9. The largest absolute Gasteiger partial charge is 0.442 e. The molecule has 6 rings (SSSR count). The van der Waals surface area contributed by atoms with Gasteiger partial charge in [0.2, 0.25) is 5.88 Å². The zero-order valence-corrected chi connectivity index (χ0v) is 28.6. The van der Waals surface area contributed by atoms with Crippen molar-refractivity contribution in [3.8, 4) is 0 Å². The second kappa shape index (κ2) is 17.2. The molecule has 2 heterocycles. The average molecular weight is 691 g/mol. The van der Waals surface area contributed by atoms with Crippen molar-refractivity contribution < 1.29 is 28.4 Å². The van der Waals surface area contributed by atoms with E-state index in [-0.39, 0.29) is 45.5 Å². The number of H-pyrrole nitrogens is 1. The molecule has 0 spiro atoms. The Morgan fingerprint density at radius 3 is 1.39 bits per heavy atom. The summed E-state index contributed by atoms with van der Waals surface area (Å²) in [6.07, 6.45) is 3.12. The van der Waals surface area contributed by atoms with E-state index in [2.05, 4.69) is 4.98 Å². The first kappa shape index (κ1) is 35.7. The van der Waals surface area contributed by atoms with Crippen LogP contribution in [0, 0.1) is 6.92 Å². The zero-order valence-electron chi connectivity index (χ0n) is 28.6. The van der Waals surface area contributed by atoms with E-state index in [4.69, 9.17) is 28.4 Å². The molecule has 1 aliphatic heterocycles. The number of aromatic amines is 1. The van der Waals surface area contributed by atoms with Crippen molar-refractivity contribution in [2.75, 3.05) is 26.4 Å². The van der Waals surface area contributed by atoms with Gasteiger partial charge < -0.3 is 28.4 Å². The van der Waals surface area contributed by atoms with Crippen LogP contribution in [0.5, 0.6) is 0 Å². The molecule has 4 aromatic carbocycles. The van der Waals surface area contributed by atoms with E-state index in [0.717, 1.165) is 22.3 Å². The van der Waals surface area contributed by atoms with Gasteiger partial charge in [-0.3, -0.25) is 9.78 Å². The maximum Gasteiger partial charge on any atom is 0.335 e. The minimum absolute atomic E-state index is 0.0275. The quantitative estimate of drug-likeness (QED) is 0.127. The Morgan fingerprint density at radius 2 is 0.980 bits per heavy atom. The summed E-state index contributed by atoms with van der Waals surface area (Å²) in [6.45, 7) is 2.66. The molecule has 10 heteroatoms. The summed E-state index contributed by atoms with van der Waals surface area (Å²) in [6, 6.07) is 39.1. The van der Waals surface area contributed by atoms with Crippen LogP contribution in [0.15, 0.2) is 143 Å². The lowest BCUT2D eigenvalue weighted by atomic mass is 10.0. The van der Waals surface area contributed by atoms with Crippen LogP contribution in [0.3, 0.4) is 0 Å². The summed E-state index contributed by atoms with van der Waals surface area (Å²) >= 11 is 0. The fraction of sp³-hybridized carbons (Fsp3) is 0.268. The Bertz CT molecular complexity index is 1870. The Morgan fingerprint density at radius 1 is 0.588 bits per heavy atom. The number of hydrogen-bond acceptors (Lipinski definition) is 8. The molecular weight excluding hydrogens is 648 g/mol. The summed E-state index contributed by atoms with van der Waals surface area (Å²) in [5.74, 6) is -1.47. The molecule has 0 atom stereocenters. The standard InChI is InChI=1S/C41H42N2O8/c1-32-23-43(39(45)42-38(32)44)37-22-40(28-46-24-33-14-6-2-7-15-33,29-47-25-34-16-8-3-9-17-34)51-41(50-37,30-48-26-35-18-10-4-11-19-35)31-49-27-36-20-12-5-13-21-36/h2-23H,24-31H2,1H3,(H,42,44,45). The van der Waals surface area contributed by atoms with E-state index in [0.29, 0.717) is 18.8 Å². The van der Waals surface area contributed by atoms with Crippen molar-refractivity contribution in [1.29, 1.82) is 0 Å². The summed E-state index contributed by atoms with van der Waals surface area (Å²) in [7, 11) is 0. The molecule has 5 aromatic rings.